The summed E-state index contributed by atoms with van der Waals surface area (Å²) in [4.78, 5) is 0. The summed E-state index contributed by atoms with van der Waals surface area (Å²) in [5.74, 6) is 0.889. The molecule has 1 saturated carbocycles. The summed E-state index contributed by atoms with van der Waals surface area (Å²) in [5, 5.41) is 9.49. The van der Waals surface area contributed by atoms with E-state index < -0.39 is 0 Å². The Morgan fingerprint density at radius 1 is 1.45 bits per heavy atom. The molecule has 0 heterocycles. The van der Waals surface area contributed by atoms with Crippen molar-refractivity contribution >= 4 is 0 Å². The van der Waals surface area contributed by atoms with Gasteiger partial charge in [-0.25, -0.2) is 0 Å². The molecule has 0 spiro atoms. The zero-order valence-electron chi connectivity index (χ0n) is 7.01. The number of rotatable bonds is 1. The van der Waals surface area contributed by atoms with Gasteiger partial charge in [-0.1, -0.05) is 13.5 Å². The Morgan fingerprint density at radius 2 is 2.18 bits per heavy atom. The van der Waals surface area contributed by atoms with Crippen molar-refractivity contribution in [3.8, 4) is 0 Å². The smallest absolute Gasteiger partial charge is 0.0615 e. The molecule has 0 saturated heterocycles. The van der Waals surface area contributed by atoms with Crippen molar-refractivity contribution in [3.63, 3.8) is 0 Å². The number of aliphatic hydroxyl groups is 1. The van der Waals surface area contributed by atoms with Crippen LogP contribution < -0.4 is 0 Å². The second-order valence-corrected chi connectivity index (χ2v) is 3.41. The Kier molecular flexibility index (Phi) is 2.92. The first-order chi connectivity index (χ1) is 5.24. The van der Waals surface area contributed by atoms with Crippen LogP contribution in [0.4, 0.5) is 0 Å². The van der Waals surface area contributed by atoms with Gasteiger partial charge in [-0.2, -0.15) is 0 Å². The molecule has 1 aliphatic rings. The van der Waals surface area contributed by atoms with E-state index in [0.717, 1.165) is 19.3 Å². The maximum absolute atomic E-state index is 9.49. The van der Waals surface area contributed by atoms with Crippen molar-refractivity contribution in [2.24, 2.45) is 11.8 Å². The maximum atomic E-state index is 9.49. The Morgan fingerprint density at radius 3 is 2.82 bits per heavy atom. The molecule has 1 nitrogen and oxygen atoms in total. The molecule has 1 N–H and O–H groups in total. The lowest BCUT2D eigenvalue weighted by atomic mass is 9.80. The van der Waals surface area contributed by atoms with Gasteiger partial charge in [0.15, 0.2) is 0 Å². The SMILES string of the molecule is C=C=[C]C1CC(C)CCC1O. The molecule has 1 fully saturated rings. The average molecular weight is 151 g/mol. The van der Waals surface area contributed by atoms with Crippen molar-refractivity contribution < 1.29 is 5.11 Å². The van der Waals surface area contributed by atoms with Crippen LogP contribution in [0.3, 0.4) is 0 Å². The summed E-state index contributed by atoms with van der Waals surface area (Å²) in [6.45, 7) is 5.68. The lowest BCUT2D eigenvalue weighted by molar-refractivity contribution is 0.0713. The van der Waals surface area contributed by atoms with Gasteiger partial charge >= 0.3 is 0 Å². The van der Waals surface area contributed by atoms with E-state index in [2.05, 4.69) is 25.3 Å². The van der Waals surface area contributed by atoms with Gasteiger partial charge in [-0.05, 0) is 25.2 Å². The molecule has 0 aliphatic heterocycles. The third kappa shape index (κ3) is 2.21. The Bertz CT molecular complexity index is 168. The van der Waals surface area contributed by atoms with Crippen molar-refractivity contribution in [2.75, 3.05) is 0 Å². The summed E-state index contributed by atoms with van der Waals surface area (Å²) < 4.78 is 0. The molecule has 0 aromatic rings. The van der Waals surface area contributed by atoms with Crippen LogP contribution in [0.25, 0.3) is 0 Å². The van der Waals surface area contributed by atoms with Crippen LogP contribution in [0, 0.1) is 17.9 Å². The first-order valence-corrected chi connectivity index (χ1v) is 4.19. The molecule has 11 heavy (non-hydrogen) atoms. The van der Waals surface area contributed by atoms with E-state index >= 15 is 0 Å². The molecule has 0 bridgehead atoms. The van der Waals surface area contributed by atoms with Gasteiger partial charge in [-0.15, -0.1) is 5.73 Å². The monoisotopic (exact) mass is 151 g/mol. The van der Waals surface area contributed by atoms with Crippen LogP contribution in [-0.2, 0) is 0 Å². The molecule has 3 atom stereocenters. The van der Waals surface area contributed by atoms with Crippen molar-refractivity contribution in [3.05, 3.63) is 18.4 Å². The van der Waals surface area contributed by atoms with E-state index in [-0.39, 0.29) is 12.0 Å². The highest BCUT2D eigenvalue weighted by atomic mass is 16.3. The third-order valence-corrected chi connectivity index (χ3v) is 2.36. The van der Waals surface area contributed by atoms with Crippen molar-refractivity contribution in [2.45, 2.75) is 32.3 Å². The second-order valence-electron chi connectivity index (χ2n) is 3.41. The average Bonchev–Trinajstić information content (AvgIpc) is 1.98. The van der Waals surface area contributed by atoms with Crippen molar-refractivity contribution in [1.29, 1.82) is 0 Å². The van der Waals surface area contributed by atoms with Gasteiger partial charge < -0.3 is 5.11 Å². The van der Waals surface area contributed by atoms with Crippen LogP contribution >= 0.6 is 0 Å². The molecule has 0 amide bonds. The van der Waals surface area contributed by atoms with Crippen LogP contribution in [0.15, 0.2) is 12.3 Å². The minimum atomic E-state index is -0.208. The first-order valence-electron chi connectivity index (χ1n) is 4.19. The molecule has 3 unspecified atom stereocenters. The zero-order chi connectivity index (χ0) is 8.27. The topological polar surface area (TPSA) is 20.2 Å². The highest BCUT2D eigenvalue weighted by molar-refractivity contribution is 4.86. The van der Waals surface area contributed by atoms with E-state index in [1.807, 2.05) is 0 Å². The van der Waals surface area contributed by atoms with E-state index in [4.69, 9.17) is 0 Å². The van der Waals surface area contributed by atoms with Crippen LogP contribution in [-0.4, -0.2) is 11.2 Å². The molecular formula is C10H15O. The molecule has 0 aromatic heterocycles. The molecule has 61 valence electrons. The van der Waals surface area contributed by atoms with E-state index in [9.17, 15) is 5.11 Å². The van der Waals surface area contributed by atoms with Crippen LogP contribution in [0.5, 0.6) is 0 Å². The maximum Gasteiger partial charge on any atom is 0.0615 e. The minimum Gasteiger partial charge on any atom is -0.392 e. The molecule has 0 aromatic carbocycles. The predicted octanol–water partition coefficient (Wildman–Crippen LogP) is 1.93. The first kappa shape index (κ1) is 8.58. The molecule has 1 radical (unpaired) electrons. The number of hydrogen-bond donors (Lipinski definition) is 1. The second kappa shape index (κ2) is 3.75. The summed E-state index contributed by atoms with van der Waals surface area (Å²) in [5.41, 5.74) is 2.63. The van der Waals surface area contributed by atoms with Gasteiger partial charge in [0.25, 0.3) is 0 Å². The Labute approximate surface area is 68.4 Å². The summed E-state index contributed by atoms with van der Waals surface area (Å²) >= 11 is 0. The Balaban J connectivity index is 2.53. The van der Waals surface area contributed by atoms with Gasteiger partial charge in [-0.3, -0.25) is 0 Å². The molecule has 1 aliphatic carbocycles. The van der Waals surface area contributed by atoms with E-state index in [0.29, 0.717) is 5.92 Å². The third-order valence-electron chi connectivity index (χ3n) is 2.36. The molecule has 1 heteroatoms. The normalized spacial score (nSPS) is 37.8. The van der Waals surface area contributed by atoms with E-state index in [1.54, 1.807) is 0 Å². The van der Waals surface area contributed by atoms with E-state index in [1.165, 1.54) is 0 Å². The molecule has 1 rings (SSSR count). The Hall–Kier alpha value is -0.520. The highest BCUT2D eigenvalue weighted by Gasteiger charge is 2.24. The quantitative estimate of drug-likeness (QED) is 0.568. The lowest BCUT2D eigenvalue weighted by Crippen LogP contribution is -2.26. The minimum absolute atomic E-state index is 0.177. The predicted molar refractivity (Wildman–Crippen MR) is 44.9 cm³/mol. The van der Waals surface area contributed by atoms with Crippen LogP contribution in [0.2, 0.25) is 0 Å². The summed E-state index contributed by atoms with van der Waals surface area (Å²) in [6.07, 6.45) is 5.82. The number of hydrogen-bond acceptors (Lipinski definition) is 1. The van der Waals surface area contributed by atoms with Crippen LogP contribution in [0.1, 0.15) is 26.2 Å². The van der Waals surface area contributed by atoms with Gasteiger partial charge in [0.2, 0.25) is 0 Å². The molecular weight excluding hydrogens is 136 g/mol. The fraction of sp³-hybridized carbons (Fsp3) is 0.700. The van der Waals surface area contributed by atoms with Crippen molar-refractivity contribution in [1.82, 2.24) is 0 Å². The number of aliphatic hydroxyl groups excluding tert-OH is 1. The largest absolute Gasteiger partial charge is 0.392 e. The van der Waals surface area contributed by atoms with Gasteiger partial charge in [0.1, 0.15) is 0 Å². The van der Waals surface area contributed by atoms with Gasteiger partial charge in [0.05, 0.1) is 6.10 Å². The zero-order valence-corrected chi connectivity index (χ0v) is 7.01. The fourth-order valence-corrected chi connectivity index (χ4v) is 1.65. The highest BCUT2D eigenvalue weighted by Crippen LogP contribution is 2.28. The fourth-order valence-electron chi connectivity index (χ4n) is 1.65. The standard InChI is InChI=1S/C10H15O/c1-3-4-9-7-8(2)5-6-10(9)11/h8-11H,1,5-7H2,2H3. The summed E-state index contributed by atoms with van der Waals surface area (Å²) in [6, 6.07) is 0. The summed E-state index contributed by atoms with van der Waals surface area (Å²) in [7, 11) is 0. The van der Waals surface area contributed by atoms with Gasteiger partial charge in [0, 0.05) is 12.0 Å². The lowest BCUT2D eigenvalue weighted by Gasteiger charge is -2.28.